The van der Waals surface area contributed by atoms with Crippen LogP contribution in [0, 0.1) is 5.82 Å². The van der Waals surface area contributed by atoms with Gasteiger partial charge in [0.05, 0.1) is 7.11 Å². The number of benzene rings is 2. The quantitative estimate of drug-likeness (QED) is 0.635. The highest BCUT2D eigenvalue weighted by Crippen LogP contribution is 2.20. The van der Waals surface area contributed by atoms with Gasteiger partial charge >= 0.3 is 0 Å². The number of oxazole rings is 1. The number of methoxy groups -OCH3 is 1. The van der Waals surface area contributed by atoms with E-state index in [-0.39, 0.29) is 29.9 Å². The highest BCUT2D eigenvalue weighted by atomic mass is 19.1. The lowest BCUT2D eigenvalue weighted by Crippen LogP contribution is -2.26. The van der Waals surface area contributed by atoms with E-state index in [0.29, 0.717) is 18.0 Å². The topological polar surface area (TPSA) is 64.8 Å². The summed E-state index contributed by atoms with van der Waals surface area (Å²) in [5.74, 6) is 0.831. The van der Waals surface area contributed by atoms with Gasteiger partial charge in [-0.3, -0.25) is 4.79 Å². The molecule has 0 saturated carbocycles. The Labute approximate surface area is 156 Å². The van der Waals surface area contributed by atoms with Gasteiger partial charge in [-0.1, -0.05) is 18.2 Å². The molecule has 0 fully saturated rings. The van der Waals surface area contributed by atoms with E-state index in [1.54, 1.807) is 14.2 Å². The van der Waals surface area contributed by atoms with E-state index in [2.05, 4.69) is 4.98 Å². The van der Waals surface area contributed by atoms with Crippen molar-refractivity contribution >= 4 is 5.91 Å². The molecule has 0 aliphatic rings. The maximum Gasteiger partial charge on any atom is 0.275 e. The lowest BCUT2D eigenvalue weighted by Gasteiger charge is -2.17. The molecule has 1 amide bonds. The zero-order chi connectivity index (χ0) is 19.2. The largest absolute Gasteiger partial charge is 0.496 e. The van der Waals surface area contributed by atoms with Gasteiger partial charge in [-0.2, -0.15) is 0 Å². The van der Waals surface area contributed by atoms with Gasteiger partial charge in [0.25, 0.3) is 5.91 Å². The molecule has 6 nitrogen and oxygen atoms in total. The van der Waals surface area contributed by atoms with Crippen molar-refractivity contribution in [1.82, 2.24) is 9.88 Å². The first-order valence-electron chi connectivity index (χ1n) is 8.27. The summed E-state index contributed by atoms with van der Waals surface area (Å²) in [6.07, 6.45) is 1.30. The highest BCUT2D eigenvalue weighted by molar-refractivity contribution is 5.91. The van der Waals surface area contributed by atoms with Gasteiger partial charge in [0.1, 0.15) is 23.6 Å². The van der Waals surface area contributed by atoms with Crippen molar-refractivity contribution in [3.63, 3.8) is 0 Å². The Morgan fingerprint density at radius 3 is 2.67 bits per heavy atom. The summed E-state index contributed by atoms with van der Waals surface area (Å²) >= 11 is 0. The number of hydrogen-bond donors (Lipinski definition) is 0. The van der Waals surface area contributed by atoms with Crippen LogP contribution in [0.3, 0.4) is 0 Å². The molecule has 0 saturated heterocycles. The number of aromatic nitrogens is 1. The Balaban J connectivity index is 1.61. The van der Waals surface area contributed by atoms with Crippen LogP contribution in [0.5, 0.6) is 11.5 Å². The molecule has 3 rings (SSSR count). The first-order chi connectivity index (χ1) is 13.1. The van der Waals surface area contributed by atoms with Crippen LogP contribution in [0.25, 0.3) is 0 Å². The number of halogens is 1. The molecular formula is C20H19FN2O4. The van der Waals surface area contributed by atoms with Gasteiger partial charge in [0.2, 0.25) is 5.89 Å². The third kappa shape index (κ3) is 4.63. The molecule has 0 spiro atoms. The van der Waals surface area contributed by atoms with Crippen molar-refractivity contribution in [2.24, 2.45) is 0 Å². The third-order valence-corrected chi connectivity index (χ3v) is 3.89. The van der Waals surface area contributed by atoms with E-state index in [9.17, 15) is 9.18 Å². The Morgan fingerprint density at radius 1 is 1.19 bits per heavy atom. The molecule has 0 atom stereocenters. The molecular weight excluding hydrogens is 351 g/mol. The molecule has 0 bridgehead atoms. The fraction of sp³-hybridized carbons (Fsp3) is 0.200. The molecule has 2 aromatic carbocycles. The minimum atomic E-state index is -0.343. The summed E-state index contributed by atoms with van der Waals surface area (Å²) in [6.45, 7) is 0.409. The van der Waals surface area contributed by atoms with Gasteiger partial charge in [-0.15, -0.1) is 0 Å². The third-order valence-electron chi connectivity index (χ3n) is 3.89. The summed E-state index contributed by atoms with van der Waals surface area (Å²) < 4.78 is 28.9. The number of ether oxygens (including phenoxy) is 2. The lowest BCUT2D eigenvalue weighted by molar-refractivity contribution is 0.0778. The number of carbonyl (C=O) groups excluding carboxylic acids is 1. The van der Waals surface area contributed by atoms with E-state index in [1.165, 1.54) is 35.4 Å². The molecule has 1 heterocycles. The second-order valence-corrected chi connectivity index (χ2v) is 5.84. The van der Waals surface area contributed by atoms with Crippen molar-refractivity contribution in [2.45, 2.75) is 13.2 Å². The number of amides is 1. The number of hydrogen-bond acceptors (Lipinski definition) is 5. The molecule has 140 valence electrons. The maximum atomic E-state index is 12.9. The minimum Gasteiger partial charge on any atom is -0.496 e. The maximum absolute atomic E-state index is 12.9. The summed E-state index contributed by atoms with van der Waals surface area (Å²) in [6, 6.07) is 13.1. The average molecular weight is 370 g/mol. The Hall–Kier alpha value is -3.35. The van der Waals surface area contributed by atoms with Crippen LogP contribution in [-0.4, -0.2) is 29.9 Å². The Morgan fingerprint density at radius 2 is 1.93 bits per heavy atom. The fourth-order valence-electron chi connectivity index (χ4n) is 2.51. The molecule has 0 radical (unpaired) electrons. The molecule has 0 N–H and O–H groups in total. The predicted octanol–water partition coefficient (Wildman–Crippen LogP) is 3.67. The normalized spacial score (nSPS) is 10.5. The molecule has 7 heteroatoms. The zero-order valence-corrected chi connectivity index (χ0v) is 15.0. The predicted molar refractivity (Wildman–Crippen MR) is 96.0 cm³/mol. The number of carbonyl (C=O) groups is 1. The van der Waals surface area contributed by atoms with Crippen molar-refractivity contribution in [1.29, 1.82) is 0 Å². The van der Waals surface area contributed by atoms with E-state index in [0.717, 1.165) is 5.56 Å². The fourth-order valence-corrected chi connectivity index (χ4v) is 2.51. The van der Waals surface area contributed by atoms with Crippen LogP contribution >= 0.6 is 0 Å². The monoisotopic (exact) mass is 370 g/mol. The number of para-hydroxylation sites is 1. The lowest BCUT2D eigenvalue weighted by atomic mass is 10.2. The van der Waals surface area contributed by atoms with Crippen LogP contribution in [0.4, 0.5) is 4.39 Å². The van der Waals surface area contributed by atoms with E-state index in [1.807, 2.05) is 24.3 Å². The van der Waals surface area contributed by atoms with E-state index < -0.39 is 0 Å². The summed E-state index contributed by atoms with van der Waals surface area (Å²) in [5, 5.41) is 0. The summed E-state index contributed by atoms with van der Waals surface area (Å²) in [5.41, 5.74) is 1.07. The minimum absolute atomic E-state index is 0.0368. The van der Waals surface area contributed by atoms with Gasteiger partial charge in [0.15, 0.2) is 12.3 Å². The van der Waals surface area contributed by atoms with Crippen molar-refractivity contribution < 1.29 is 23.1 Å². The van der Waals surface area contributed by atoms with E-state index >= 15 is 0 Å². The molecule has 27 heavy (non-hydrogen) atoms. The second kappa shape index (κ2) is 8.35. The molecule has 0 aliphatic heterocycles. The van der Waals surface area contributed by atoms with Crippen molar-refractivity contribution in [2.75, 3.05) is 14.2 Å². The van der Waals surface area contributed by atoms with Gasteiger partial charge < -0.3 is 18.8 Å². The standard InChI is InChI=1S/C20H19FN2O4/c1-23(11-14-5-3-4-6-18(14)25-2)20(24)17-12-27-19(22-17)13-26-16-9-7-15(21)8-10-16/h3-10,12H,11,13H2,1-2H3. The van der Waals surface area contributed by atoms with Gasteiger partial charge in [0, 0.05) is 19.2 Å². The number of nitrogens with zero attached hydrogens (tertiary/aromatic N) is 2. The highest BCUT2D eigenvalue weighted by Gasteiger charge is 2.18. The smallest absolute Gasteiger partial charge is 0.275 e. The van der Waals surface area contributed by atoms with E-state index in [4.69, 9.17) is 13.9 Å². The molecule has 3 aromatic rings. The Bertz CT molecular complexity index is 908. The Kier molecular flexibility index (Phi) is 5.71. The average Bonchev–Trinajstić information content (AvgIpc) is 3.16. The van der Waals surface area contributed by atoms with Crippen LogP contribution in [0.15, 0.2) is 59.2 Å². The first kappa shape index (κ1) is 18.4. The van der Waals surface area contributed by atoms with Crippen LogP contribution in [0.2, 0.25) is 0 Å². The van der Waals surface area contributed by atoms with Gasteiger partial charge in [-0.25, -0.2) is 9.37 Å². The van der Waals surface area contributed by atoms with Crippen LogP contribution in [0.1, 0.15) is 21.9 Å². The SMILES string of the molecule is COc1ccccc1CN(C)C(=O)c1coc(COc2ccc(F)cc2)n1. The molecule has 0 unspecified atom stereocenters. The molecule has 0 aliphatic carbocycles. The zero-order valence-electron chi connectivity index (χ0n) is 15.0. The van der Waals surface area contributed by atoms with Gasteiger partial charge in [-0.05, 0) is 30.3 Å². The summed E-state index contributed by atoms with van der Waals surface area (Å²) in [7, 11) is 3.27. The van der Waals surface area contributed by atoms with Crippen molar-refractivity contribution in [3.8, 4) is 11.5 Å². The molecule has 1 aromatic heterocycles. The second-order valence-electron chi connectivity index (χ2n) is 5.84. The van der Waals surface area contributed by atoms with Crippen molar-refractivity contribution in [3.05, 3.63) is 77.8 Å². The first-order valence-corrected chi connectivity index (χ1v) is 8.27. The number of rotatable bonds is 7. The van der Waals surface area contributed by atoms with Crippen LogP contribution < -0.4 is 9.47 Å². The van der Waals surface area contributed by atoms with Crippen LogP contribution in [-0.2, 0) is 13.2 Å². The summed E-state index contributed by atoms with van der Waals surface area (Å²) in [4.78, 5) is 18.2.